The van der Waals surface area contributed by atoms with Gasteiger partial charge in [-0.15, -0.1) is 0 Å². The van der Waals surface area contributed by atoms with Crippen molar-refractivity contribution in [1.82, 2.24) is 9.62 Å². The molecular weight excluding hydrogens is 319 g/mol. The number of rotatable bonds is 4. The predicted molar refractivity (Wildman–Crippen MR) is 86.4 cm³/mol. The molecule has 2 atom stereocenters. The van der Waals surface area contributed by atoms with Crippen molar-refractivity contribution < 1.29 is 17.5 Å². The van der Waals surface area contributed by atoms with E-state index in [-0.39, 0.29) is 17.9 Å². The zero-order valence-corrected chi connectivity index (χ0v) is 14.1. The highest BCUT2D eigenvalue weighted by molar-refractivity contribution is 7.88. The lowest BCUT2D eigenvalue weighted by Crippen LogP contribution is -2.42. The first-order valence-electron chi connectivity index (χ1n) is 8.07. The minimum Gasteiger partial charge on any atom is -0.493 e. The van der Waals surface area contributed by atoms with Crippen molar-refractivity contribution in [3.63, 3.8) is 0 Å². The number of hydrogen-bond donors (Lipinski definition) is 1. The van der Waals surface area contributed by atoms with Gasteiger partial charge in [0.25, 0.3) is 0 Å². The zero-order chi connectivity index (χ0) is 16.4. The Kier molecular flexibility index (Phi) is 4.89. The number of halogens is 1. The van der Waals surface area contributed by atoms with Crippen molar-refractivity contribution in [2.75, 3.05) is 26.0 Å². The molecule has 0 aliphatic carbocycles. The number of sulfonamides is 1. The van der Waals surface area contributed by atoms with E-state index in [0.717, 1.165) is 31.2 Å². The second-order valence-corrected chi connectivity index (χ2v) is 8.24. The van der Waals surface area contributed by atoms with Gasteiger partial charge in [0.2, 0.25) is 10.0 Å². The van der Waals surface area contributed by atoms with Crippen LogP contribution >= 0.6 is 0 Å². The molecule has 1 fully saturated rings. The van der Waals surface area contributed by atoms with Crippen LogP contribution in [0, 0.1) is 5.82 Å². The Morgan fingerprint density at radius 3 is 2.96 bits per heavy atom. The van der Waals surface area contributed by atoms with E-state index in [2.05, 4.69) is 5.32 Å². The molecule has 23 heavy (non-hydrogen) atoms. The van der Waals surface area contributed by atoms with E-state index in [1.54, 1.807) is 10.4 Å². The molecule has 2 heterocycles. The first kappa shape index (κ1) is 16.7. The maximum Gasteiger partial charge on any atom is 0.211 e. The van der Waals surface area contributed by atoms with Crippen molar-refractivity contribution in [2.24, 2.45) is 0 Å². The van der Waals surface area contributed by atoms with Crippen molar-refractivity contribution >= 4 is 10.0 Å². The summed E-state index contributed by atoms with van der Waals surface area (Å²) in [6, 6.07) is 4.56. The SMILES string of the molecule is CS(=O)(=O)N1CCC[C@@H]1CN[C@H]1CCCOc2ccc(F)cc21. The number of ether oxygens (including phenoxy) is 1. The minimum atomic E-state index is -3.17. The third-order valence-electron chi connectivity index (χ3n) is 4.59. The molecule has 2 aliphatic rings. The molecule has 5 nitrogen and oxygen atoms in total. The Bertz CT molecular complexity index is 665. The normalized spacial score (nSPS) is 25.7. The lowest BCUT2D eigenvalue weighted by Gasteiger charge is -2.25. The second-order valence-electron chi connectivity index (χ2n) is 6.30. The van der Waals surface area contributed by atoms with Crippen LogP contribution in [0.4, 0.5) is 4.39 Å². The van der Waals surface area contributed by atoms with Crippen molar-refractivity contribution in [3.8, 4) is 5.75 Å². The van der Waals surface area contributed by atoms with Gasteiger partial charge in [-0.05, 0) is 43.9 Å². The van der Waals surface area contributed by atoms with Gasteiger partial charge in [0.15, 0.2) is 0 Å². The van der Waals surface area contributed by atoms with Crippen LogP contribution in [-0.2, 0) is 10.0 Å². The molecule has 0 amide bonds. The molecule has 128 valence electrons. The summed E-state index contributed by atoms with van der Waals surface area (Å²) in [7, 11) is -3.17. The van der Waals surface area contributed by atoms with Gasteiger partial charge < -0.3 is 10.1 Å². The number of fused-ring (bicyclic) bond motifs is 1. The smallest absolute Gasteiger partial charge is 0.211 e. The van der Waals surface area contributed by atoms with Crippen LogP contribution < -0.4 is 10.1 Å². The summed E-state index contributed by atoms with van der Waals surface area (Å²) in [5, 5.41) is 3.44. The number of benzene rings is 1. The van der Waals surface area contributed by atoms with E-state index in [0.29, 0.717) is 25.4 Å². The van der Waals surface area contributed by atoms with Gasteiger partial charge in [-0.1, -0.05) is 0 Å². The van der Waals surface area contributed by atoms with E-state index < -0.39 is 10.0 Å². The summed E-state index contributed by atoms with van der Waals surface area (Å²) >= 11 is 0. The van der Waals surface area contributed by atoms with Gasteiger partial charge in [-0.25, -0.2) is 12.8 Å². The van der Waals surface area contributed by atoms with Gasteiger partial charge in [-0.2, -0.15) is 4.31 Å². The zero-order valence-electron chi connectivity index (χ0n) is 13.3. The summed E-state index contributed by atoms with van der Waals surface area (Å²) < 4.78 is 44.5. The second kappa shape index (κ2) is 6.75. The molecule has 0 unspecified atom stereocenters. The van der Waals surface area contributed by atoms with Crippen LogP contribution in [-0.4, -0.2) is 44.7 Å². The molecule has 7 heteroatoms. The average Bonchev–Trinajstić information content (AvgIpc) is 2.88. The molecule has 1 N–H and O–H groups in total. The maximum absolute atomic E-state index is 13.6. The Morgan fingerprint density at radius 2 is 2.17 bits per heavy atom. The molecule has 0 aromatic heterocycles. The summed E-state index contributed by atoms with van der Waals surface area (Å²) in [6.07, 6.45) is 4.74. The minimum absolute atomic E-state index is 0.00906. The summed E-state index contributed by atoms with van der Waals surface area (Å²) in [4.78, 5) is 0. The molecule has 1 aromatic carbocycles. The Labute approximate surface area is 136 Å². The topological polar surface area (TPSA) is 58.6 Å². The number of nitrogens with zero attached hydrogens (tertiary/aromatic N) is 1. The van der Waals surface area contributed by atoms with Gasteiger partial charge >= 0.3 is 0 Å². The lowest BCUT2D eigenvalue weighted by molar-refractivity contribution is 0.313. The first-order chi connectivity index (χ1) is 10.9. The van der Waals surface area contributed by atoms with E-state index in [9.17, 15) is 12.8 Å². The highest BCUT2D eigenvalue weighted by Crippen LogP contribution is 2.32. The Balaban J connectivity index is 1.72. The third kappa shape index (κ3) is 3.84. The quantitative estimate of drug-likeness (QED) is 0.910. The van der Waals surface area contributed by atoms with Crippen LogP contribution in [0.3, 0.4) is 0 Å². The van der Waals surface area contributed by atoms with E-state index >= 15 is 0 Å². The summed E-state index contributed by atoms with van der Waals surface area (Å²) in [5.74, 6) is 0.437. The van der Waals surface area contributed by atoms with Crippen molar-refractivity contribution in [3.05, 3.63) is 29.6 Å². The summed E-state index contributed by atoms with van der Waals surface area (Å²) in [5.41, 5.74) is 0.825. The fraction of sp³-hybridized carbons (Fsp3) is 0.625. The number of hydrogen-bond acceptors (Lipinski definition) is 4. The van der Waals surface area contributed by atoms with Gasteiger partial charge in [0, 0.05) is 30.7 Å². The fourth-order valence-electron chi connectivity index (χ4n) is 3.49. The Hall–Kier alpha value is -1.18. The molecule has 3 rings (SSSR count). The van der Waals surface area contributed by atoms with E-state index in [1.807, 2.05) is 0 Å². The molecular formula is C16H23FN2O3S. The third-order valence-corrected chi connectivity index (χ3v) is 5.92. The van der Waals surface area contributed by atoms with Crippen molar-refractivity contribution in [1.29, 1.82) is 0 Å². The van der Waals surface area contributed by atoms with E-state index in [4.69, 9.17) is 4.74 Å². The lowest BCUT2D eigenvalue weighted by atomic mass is 10.0. The molecule has 2 aliphatic heterocycles. The summed E-state index contributed by atoms with van der Waals surface area (Å²) in [6.45, 7) is 1.79. The molecule has 0 spiro atoms. The van der Waals surface area contributed by atoms with Crippen LogP contribution in [0.5, 0.6) is 5.75 Å². The van der Waals surface area contributed by atoms with Crippen molar-refractivity contribution in [2.45, 2.75) is 37.8 Å². The highest BCUT2D eigenvalue weighted by atomic mass is 32.2. The molecule has 0 radical (unpaired) electrons. The van der Waals surface area contributed by atoms with E-state index in [1.165, 1.54) is 18.4 Å². The molecule has 0 bridgehead atoms. The van der Waals surface area contributed by atoms with Crippen LogP contribution in [0.1, 0.15) is 37.3 Å². The largest absolute Gasteiger partial charge is 0.493 e. The predicted octanol–water partition coefficient (Wildman–Crippen LogP) is 2.05. The maximum atomic E-state index is 13.6. The average molecular weight is 342 g/mol. The van der Waals surface area contributed by atoms with Crippen LogP contribution in [0.2, 0.25) is 0 Å². The Morgan fingerprint density at radius 1 is 1.35 bits per heavy atom. The van der Waals surface area contributed by atoms with Gasteiger partial charge in [0.1, 0.15) is 11.6 Å². The van der Waals surface area contributed by atoms with Gasteiger partial charge in [0.05, 0.1) is 12.9 Å². The molecule has 1 aromatic rings. The van der Waals surface area contributed by atoms with Gasteiger partial charge in [-0.3, -0.25) is 0 Å². The fourth-order valence-corrected chi connectivity index (χ4v) is 4.67. The number of nitrogens with one attached hydrogen (secondary N) is 1. The van der Waals surface area contributed by atoms with Crippen LogP contribution in [0.15, 0.2) is 18.2 Å². The standard InChI is InChI=1S/C16H23FN2O3S/c1-23(20,21)19-8-2-4-13(19)11-18-15-5-3-9-22-16-7-6-12(17)10-14(15)16/h6-7,10,13,15,18H,2-5,8-9,11H2,1H3/t13-,15+/m1/s1. The molecule has 1 saturated heterocycles. The highest BCUT2D eigenvalue weighted by Gasteiger charge is 2.32. The van der Waals surface area contributed by atoms with Crippen LogP contribution in [0.25, 0.3) is 0 Å². The molecule has 0 saturated carbocycles. The first-order valence-corrected chi connectivity index (χ1v) is 9.92. The monoisotopic (exact) mass is 342 g/mol.